The van der Waals surface area contributed by atoms with Crippen molar-refractivity contribution in [2.24, 2.45) is 0 Å². The van der Waals surface area contributed by atoms with Gasteiger partial charge >= 0.3 is 0 Å². The maximum absolute atomic E-state index is 5.81. The van der Waals surface area contributed by atoms with Crippen LogP contribution in [0.5, 0.6) is 0 Å². The smallest absolute Gasteiger partial charge is 0.133 e. The van der Waals surface area contributed by atoms with Gasteiger partial charge in [0.05, 0.1) is 11.9 Å². The quantitative estimate of drug-likeness (QED) is 0.895. The number of hydrogen-bond donors (Lipinski definition) is 1. The van der Waals surface area contributed by atoms with Gasteiger partial charge in [0.25, 0.3) is 0 Å². The Bertz CT molecular complexity index is 532. The van der Waals surface area contributed by atoms with Crippen LogP contribution in [-0.4, -0.2) is 11.5 Å². The van der Waals surface area contributed by atoms with E-state index in [0.29, 0.717) is 0 Å². The number of benzene rings is 1. The van der Waals surface area contributed by atoms with Gasteiger partial charge in [-0.15, -0.1) is 0 Å². The molecule has 2 aromatic rings. The van der Waals surface area contributed by atoms with Gasteiger partial charge in [0, 0.05) is 12.2 Å². The second kappa shape index (κ2) is 5.08. The summed E-state index contributed by atoms with van der Waals surface area (Å²) in [4.78, 5) is 6.58. The van der Waals surface area contributed by atoms with Gasteiger partial charge in [0.2, 0.25) is 0 Å². The van der Waals surface area contributed by atoms with Crippen molar-refractivity contribution in [3.05, 3.63) is 47.7 Å². The van der Waals surface area contributed by atoms with Crippen LogP contribution in [-0.2, 0) is 0 Å². The number of nitrogen functional groups attached to an aromatic ring is 1. The second-order valence-electron chi connectivity index (χ2n) is 4.48. The summed E-state index contributed by atoms with van der Waals surface area (Å²) in [6.45, 7) is 7.09. The van der Waals surface area contributed by atoms with E-state index in [1.54, 1.807) is 6.20 Å². The first-order valence-corrected chi connectivity index (χ1v) is 6.18. The Morgan fingerprint density at radius 2 is 1.83 bits per heavy atom. The molecule has 0 spiro atoms. The van der Waals surface area contributed by atoms with Crippen LogP contribution < -0.4 is 10.6 Å². The predicted molar refractivity (Wildman–Crippen MR) is 77.2 cm³/mol. The summed E-state index contributed by atoms with van der Waals surface area (Å²) in [6, 6.07) is 10.5. The molecule has 3 nitrogen and oxygen atoms in total. The van der Waals surface area contributed by atoms with Crippen molar-refractivity contribution in [3.8, 4) is 0 Å². The molecule has 0 amide bonds. The molecule has 0 unspecified atom stereocenters. The monoisotopic (exact) mass is 241 g/mol. The highest BCUT2D eigenvalue weighted by Gasteiger charge is 2.09. The molecule has 2 rings (SSSR count). The van der Waals surface area contributed by atoms with Gasteiger partial charge in [-0.25, -0.2) is 4.98 Å². The number of aryl methyl sites for hydroxylation is 2. The maximum Gasteiger partial charge on any atom is 0.133 e. The first-order valence-electron chi connectivity index (χ1n) is 6.18. The molecule has 0 aliphatic rings. The minimum Gasteiger partial charge on any atom is -0.397 e. The Morgan fingerprint density at radius 3 is 2.39 bits per heavy atom. The summed E-state index contributed by atoms with van der Waals surface area (Å²) in [6.07, 6.45) is 1.72. The third-order valence-corrected chi connectivity index (χ3v) is 3.08. The standard InChI is InChI=1S/C15H19N3/c1-4-18(13-7-5-11(2)6-8-13)15-9-12(3)14(16)10-17-15/h5-10H,4,16H2,1-3H3. The molecule has 1 aromatic heterocycles. The van der Waals surface area contributed by atoms with Gasteiger partial charge in [-0.3, -0.25) is 0 Å². The topological polar surface area (TPSA) is 42.1 Å². The van der Waals surface area contributed by atoms with Gasteiger partial charge in [0.1, 0.15) is 5.82 Å². The normalized spacial score (nSPS) is 10.4. The fourth-order valence-corrected chi connectivity index (χ4v) is 1.90. The zero-order chi connectivity index (χ0) is 13.1. The average molecular weight is 241 g/mol. The summed E-state index contributed by atoms with van der Waals surface area (Å²) in [5, 5.41) is 0. The Balaban J connectivity index is 2.38. The van der Waals surface area contributed by atoms with Crippen LogP contribution >= 0.6 is 0 Å². The lowest BCUT2D eigenvalue weighted by atomic mass is 10.2. The largest absolute Gasteiger partial charge is 0.397 e. The van der Waals surface area contributed by atoms with Crippen LogP contribution in [0.15, 0.2) is 36.5 Å². The van der Waals surface area contributed by atoms with Gasteiger partial charge in [-0.05, 0) is 44.5 Å². The zero-order valence-electron chi connectivity index (χ0n) is 11.1. The van der Waals surface area contributed by atoms with Crippen LogP contribution in [0.3, 0.4) is 0 Å². The Labute approximate surface area is 108 Å². The van der Waals surface area contributed by atoms with E-state index in [0.717, 1.165) is 29.3 Å². The van der Waals surface area contributed by atoms with Crippen molar-refractivity contribution >= 4 is 17.2 Å². The van der Waals surface area contributed by atoms with E-state index in [2.05, 4.69) is 48.0 Å². The summed E-state index contributed by atoms with van der Waals surface area (Å²) in [5.41, 5.74) is 10.0. The van der Waals surface area contributed by atoms with E-state index in [-0.39, 0.29) is 0 Å². The molecule has 0 fully saturated rings. The highest BCUT2D eigenvalue weighted by Crippen LogP contribution is 2.25. The van der Waals surface area contributed by atoms with Crippen LogP contribution in [0.2, 0.25) is 0 Å². The van der Waals surface area contributed by atoms with Gasteiger partial charge in [-0.1, -0.05) is 17.7 Å². The third-order valence-electron chi connectivity index (χ3n) is 3.08. The number of aromatic nitrogens is 1. The third kappa shape index (κ3) is 2.45. The summed E-state index contributed by atoms with van der Waals surface area (Å²) < 4.78 is 0. The van der Waals surface area contributed by atoms with Gasteiger partial charge < -0.3 is 10.6 Å². The first kappa shape index (κ1) is 12.4. The molecule has 0 aliphatic carbocycles. The van der Waals surface area contributed by atoms with Gasteiger partial charge in [0.15, 0.2) is 0 Å². The average Bonchev–Trinajstić information content (AvgIpc) is 2.37. The summed E-state index contributed by atoms with van der Waals surface area (Å²) >= 11 is 0. The van der Waals surface area contributed by atoms with E-state index >= 15 is 0 Å². The Kier molecular flexibility index (Phi) is 3.51. The van der Waals surface area contributed by atoms with E-state index in [4.69, 9.17) is 5.73 Å². The molecule has 1 heterocycles. The highest BCUT2D eigenvalue weighted by atomic mass is 15.2. The maximum atomic E-state index is 5.81. The molecule has 94 valence electrons. The minimum absolute atomic E-state index is 0.735. The lowest BCUT2D eigenvalue weighted by molar-refractivity contribution is 0.987. The summed E-state index contributed by atoms with van der Waals surface area (Å²) in [5.74, 6) is 0.938. The van der Waals surface area contributed by atoms with Crippen LogP contribution in [0.25, 0.3) is 0 Å². The molecule has 2 N–H and O–H groups in total. The van der Waals surface area contributed by atoms with E-state index < -0.39 is 0 Å². The fraction of sp³-hybridized carbons (Fsp3) is 0.267. The molecule has 1 aromatic carbocycles. The van der Waals surface area contributed by atoms with Crippen molar-refractivity contribution in [3.63, 3.8) is 0 Å². The number of nitrogens with zero attached hydrogens (tertiary/aromatic N) is 2. The minimum atomic E-state index is 0.735. The van der Waals surface area contributed by atoms with Crippen molar-refractivity contribution < 1.29 is 0 Å². The van der Waals surface area contributed by atoms with Crippen molar-refractivity contribution in [2.45, 2.75) is 20.8 Å². The molecule has 0 atom stereocenters. The molecule has 0 saturated carbocycles. The number of nitrogens with two attached hydrogens (primary N) is 1. The molecule has 18 heavy (non-hydrogen) atoms. The molecular weight excluding hydrogens is 222 g/mol. The van der Waals surface area contributed by atoms with E-state index in [1.807, 2.05) is 13.0 Å². The fourth-order valence-electron chi connectivity index (χ4n) is 1.90. The number of anilines is 3. The molecule has 0 radical (unpaired) electrons. The van der Waals surface area contributed by atoms with Crippen LogP contribution in [0.1, 0.15) is 18.1 Å². The zero-order valence-corrected chi connectivity index (χ0v) is 11.1. The van der Waals surface area contributed by atoms with Gasteiger partial charge in [-0.2, -0.15) is 0 Å². The van der Waals surface area contributed by atoms with Crippen LogP contribution in [0, 0.1) is 13.8 Å². The van der Waals surface area contributed by atoms with Crippen molar-refractivity contribution in [2.75, 3.05) is 17.2 Å². The lowest BCUT2D eigenvalue weighted by Gasteiger charge is -2.22. The molecule has 0 saturated heterocycles. The summed E-state index contributed by atoms with van der Waals surface area (Å²) in [7, 11) is 0. The van der Waals surface area contributed by atoms with E-state index in [1.165, 1.54) is 5.56 Å². The molecule has 3 heteroatoms. The Morgan fingerprint density at radius 1 is 1.17 bits per heavy atom. The van der Waals surface area contributed by atoms with Crippen molar-refractivity contribution in [1.82, 2.24) is 4.98 Å². The number of pyridine rings is 1. The number of rotatable bonds is 3. The molecular formula is C15H19N3. The predicted octanol–water partition coefficient (Wildman–Crippen LogP) is 3.44. The molecule has 0 bridgehead atoms. The lowest BCUT2D eigenvalue weighted by Crippen LogP contribution is -2.17. The Hall–Kier alpha value is -2.03. The highest BCUT2D eigenvalue weighted by molar-refractivity contribution is 5.62. The first-order chi connectivity index (χ1) is 8.61. The molecule has 0 aliphatic heterocycles. The number of hydrogen-bond acceptors (Lipinski definition) is 3. The van der Waals surface area contributed by atoms with Crippen LogP contribution in [0.4, 0.5) is 17.2 Å². The van der Waals surface area contributed by atoms with E-state index in [9.17, 15) is 0 Å². The second-order valence-corrected chi connectivity index (χ2v) is 4.48. The SMILES string of the molecule is CCN(c1ccc(C)cc1)c1cc(C)c(N)cn1. The van der Waals surface area contributed by atoms with Crippen molar-refractivity contribution in [1.29, 1.82) is 0 Å².